The molecule has 0 heterocycles. The molecule has 0 aliphatic rings. The number of nitrogens with two attached hydrogens (primary N) is 1. The van der Waals surface area contributed by atoms with Crippen LogP contribution in [0.1, 0.15) is 22.3 Å². The summed E-state index contributed by atoms with van der Waals surface area (Å²) in [6.07, 6.45) is 0.454. The van der Waals surface area contributed by atoms with Gasteiger partial charge >= 0.3 is 0 Å². The lowest BCUT2D eigenvalue weighted by molar-refractivity contribution is -0.120. The molecule has 0 spiro atoms. The summed E-state index contributed by atoms with van der Waals surface area (Å²) in [6, 6.07) is 7.07. The van der Waals surface area contributed by atoms with E-state index < -0.39 is 5.91 Å². The van der Waals surface area contributed by atoms with Gasteiger partial charge in [0, 0.05) is 32.1 Å². The normalized spacial score (nSPS) is 9.94. The van der Waals surface area contributed by atoms with Gasteiger partial charge in [-0.1, -0.05) is 12.1 Å². The number of hydrogen-bond acceptors (Lipinski definition) is 3. The fourth-order valence-electron chi connectivity index (χ4n) is 1.35. The van der Waals surface area contributed by atoms with E-state index in [9.17, 15) is 9.59 Å². The van der Waals surface area contributed by atoms with Crippen molar-refractivity contribution in [3.8, 4) is 0 Å². The lowest BCUT2D eigenvalue weighted by atomic mass is 10.1. The number of nitrogens with one attached hydrogen (secondary N) is 2. The van der Waals surface area contributed by atoms with Crippen molar-refractivity contribution in [2.45, 2.75) is 13.0 Å². The smallest absolute Gasteiger partial charge is 0.248 e. The van der Waals surface area contributed by atoms with Gasteiger partial charge in [0.1, 0.15) is 0 Å². The average Bonchev–Trinajstić information content (AvgIpc) is 2.34. The Bertz CT molecular complexity index is 387. The summed E-state index contributed by atoms with van der Waals surface area (Å²) in [5.74, 6) is -0.411. The molecule has 0 unspecified atom stereocenters. The molecule has 0 aliphatic heterocycles. The summed E-state index contributed by atoms with van der Waals surface area (Å²) in [6.45, 7) is 1.29. The van der Waals surface area contributed by atoms with Crippen LogP contribution in [0.5, 0.6) is 0 Å². The lowest BCUT2D eigenvalue weighted by Gasteiger charge is -2.05. The number of carbonyl (C=O) groups is 2. The lowest BCUT2D eigenvalue weighted by Crippen LogP contribution is -2.24. The maximum atomic E-state index is 10.9. The Hall–Kier alpha value is -1.88. The van der Waals surface area contributed by atoms with E-state index in [1.54, 1.807) is 19.2 Å². The molecule has 92 valence electrons. The van der Waals surface area contributed by atoms with E-state index in [4.69, 9.17) is 5.73 Å². The Morgan fingerprint density at radius 3 is 2.41 bits per heavy atom. The minimum atomic E-state index is -0.427. The standard InChI is InChI=1S/C12H17N3O2/c1-14-11(16)6-7-15-8-9-2-4-10(5-3-9)12(13)17/h2-5,15H,6-8H2,1H3,(H2,13,17)(H,14,16). The molecule has 5 nitrogen and oxygen atoms in total. The number of benzene rings is 1. The molecule has 0 radical (unpaired) electrons. The molecule has 0 saturated heterocycles. The first-order valence-corrected chi connectivity index (χ1v) is 5.43. The van der Waals surface area contributed by atoms with Crippen LogP contribution >= 0.6 is 0 Å². The molecule has 0 fully saturated rings. The van der Waals surface area contributed by atoms with Crippen molar-refractivity contribution >= 4 is 11.8 Å². The largest absolute Gasteiger partial charge is 0.366 e. The molecular weight excluding hydrogens is 218 g/mol. The third-order valence-electron chi connectivity index (χ3n) is 2.38. The van der Waals surface area contributed by atoms with Crippen LogP contribution in [0.3, 0.4) is 0 Å². The minimum absolute atomic E-state index is 0.0153. The molecule has 1 aromatic rings. The zero-order chi connectivity index (χ0) is 12.7. The molecule has 1 rings (SSSR count). The zero-order valence-electron chi connectivity index (χ0n) is 9.82. The van der Waals surface area contributed by atoms with Crippen molar-refractivity contribution in [3.05, 3.63) is 35.4 Å². The molecule has 0 bridgehead atoms. The van der Waals surface area contributed by atoms with Gasteiger partial charge in [0.2, 0.25) is 11.8 Å². The Balaban J connectivity index is 2.32. The van der Waals surface area contributed by atoms with Crippen LogP contribution < -0.4 is 16.4 Å². The molecule has 0 aromatic heterocycles. The van der Waals surface area contributed by atoms with Gasteiger partial charge in [0.05, 0.1) is 0 Å². The van der Waals surface area contributed by atoms with Crippen molar-refractivity contribution in [1.82, 2.24) is 10.6 Å². The fraction of sp³-hybridized carbons (Fsp3) is 0.333. The number of rotatable bonds is 6. The second-order valence-electron chi connectivity index (χ2n) is 3.66. The quantitative estimate of drug-likeness (QED) is 0.607. The van der Waals surface area contributed by atoms with Crippen molar-refractivity contribution in [2.24, 2.45) is 5.73 Å². The van der Waals surface area contributed by atoms with Gasteiger partial charge in [0.15, 0.2) is 0 Å². The Morgan fingerprint density at radius 1 is 1.24 bits per heavy atom. The minimum Gasteiger partial charge on any atom is -0.366 e. The van der Waals surface area contributed by atoms with Crippen molar-refractivity contribution in [2.75, 3.05) is 13.6 Å². The third kappa shape index (κ3) is 4.65. The number of hydrogen-bond donors (Lipinski definition) is 3. The zero-order valence-corrected chi connectivity index (χ0v) is 9.82. The highest BCUT2D eigenvalue weighted by molar-refractivity contribution is 5.92. The van der Waals surface area contributed by atoms with E-state index in [1.165, 1.54) is 0 Å². The SMILES string of the molecule is CNC(=O)CCNCc1ccc(C(N)=O)cc1. The maximum absolute atomic E-state index is 10.9. The van der Waals surface area contributed by atoms with Crippen LogP contribution in [-0.2, 0) is 11.3 Å². The summed E-state index contributed by atoms with van der Waals surface area (Å²) in [5, 5.41) is 5.69. The Labute approximate surface area is 100 Å². The Morgan fingerprint density at radius 2 is 1.88 bits per heavy atom. The predicted octanol–water partition coefficient (Wildman–Crippen LogP) is 0.0112. The van der Waals surface area contributed by atoms with E-state index >= 15 is 0 Å². The second kappa shape index (κ2) is 6.65. The van der Waals surface area contributed by atoms with Crippen molar-refractivity contribution in [1.29, 1.82) is 0 Å². The van der Waals surface area contributed by atoms with Gasteiger partial charge in [-0.3, -0.25) is 9.59 Å². The highest BCUT2D eigenvalue weighted by atomic mass is 16.1. The number of primary amides is 1. The van der Waals surface area contributed by atoms with E-state index in [1.807, 2.05) is 12.1 Å². The van der Waals surface area contributed by atoms with Crippen molar-refractivity contribution in [3.63, 3.8) is 0 Å². The Kier molecular flexibility index (Phi) is 5.16. The molecule has 0 saturated carbocycles. The fourth-order valence-corrected chi connectivity index (χ4v) is 1.35. The van der Waals surface area contributed by atoms with Gasteiger partial charge in [-0.15, -0.1) is 0 Å². The topological polar surface area (TPSA) is 84.2 Å². The van der Waals surface area contributed by atoms with Gasteiger partial charge in [-0.2, -0.15) is 0 Å². The molecule has 0 atom stereocenters. The van der Waals surface area contributed by atoms with Gasteiger partial charge in [0.25, 0.3) is 0 Å². The number of carbonyl (C=O) groups excluding carboxylic acids is 2. The van der Waals surface area contributed by atoms with Crippen molar-refractivity contribution < 1.29 is 9.59 Å². The third-order valence-corrected chi connectivity index (χ3v) is 2.38. The van der Waals surface area contributed by atoms with E-state index in [0.717, 1.165) is 5.56 Å². The van der Waals surface area contributed by atoms with Crippen LogP contribution in [0.2, 0.25) is 0 Å². The summed E-state index contributed by atoms with van der Waals surface area (Å²) in [5.41, 5.74) is 6.68. The van der Waals surface area contributed by atoms with Crippen LogP contribution in [0, 0.1) is 0 Å². The van der Waals surface area contributed by atoms with E-state index in [0.29, 0.717) is 25.1 Å². The average molecular weight is 235 g/mol. The van der Waals surface area contributed by atoms with Gasteiger partial charge in [-0.25, -0.2) is 0 Å². The summed E-state index contributed by atoms with van der Waals surface area (Å²) in [7, 11) is 1.62. The van der Waals surface area contributed by atoms with Crippen LogP contribution in [0.25, 0.3) is 0 Å². The highest BCUT2D eigenvalue weighted by Crippen LogP contribution is 2.03. The maximum Gasteiger partial charge on any atom is 0.248 e. The molecule has 17 heavy (non-hydrogen) atoms. The first-order valence-electron chi connectivity index (χ1n) is 5.43. The molecule has 2 amide bonds. The van der Waals surface area contributed by atoms with Crippen LogP contribution in [0.15, 0.2) is 24.3 Å². The van der Waals surface area contributed by atoms with Gasteiger partial charge < -0.3 is 16.4 Å². The first-order chi connectivity index (χ1) is 8.13. The second-order valence-corrected chi connectivity index (χ2v) is 3.66. The summed E-state index contributed by atoms with van der Waals surface area (Å²) in [4.78, 5) is 21.8. The van der Waals surface area contributed by atoms with Crippen LogP contribution in [-0.4, -0.2) is 25.4 Å². The highest BCUT2D eigenvalue weighted by Gasteiger charge is 2.00. The van der Waals surface area contributed by atoms with E-state index in [-0.39, 0.29) is 5.91 Å². The summed E-state index contributed by atoms with van der Waals surface area (Å²) < 4.78 is 0. The predicted molar refractivity (Wildman–Crippen MR) is 65.4 cm³/mol. The summed E-state index contributed by atoms with van der Waals surface area (Å²) >= 11 is 0. The van der Waals surface area contributed by atoms with E-state index in [2.05, 4.69) is 10.6 Å². The van der Waals surface area contributed by atoms with Crippen LogP contribution in [0.4, 0.5) is 0 Å². The molecular formula is C12H17N3O2. The molecule has 1 aromatic carbocycles. The molecule has 0 aliphatic carbocycles. The molecule has 4 N–H and O–H groups in total. The van der Waals surface area contributed by atoms with Gasteiger partial charge in [-0.05, 0) is 17.7 Å². The number of amides is 2. The first kappa shape index (κ1) is 13.2. The monoisotopic (exact) mass is 235 g/mol. The molecule has 5 heteroatoms.